The lowest BCUT2D eigenvalue weighted by Crippen LogP contribution is -2.48. The van der Waals surface area contributed by atoms with E-state index in [4.69, 9.17) is 4.74 Å². The number of para-hydroxylation sites is 1. The minimum absolute atomic E-state index is 0.0196. The number of ether oxygens (including phenoxy) is 1. The first-order chi connectivity index (χ1) is 19.8. The standard InChI is InChI=1S/C32H32N4O5/c1-22-6-5-7-25(20-22)31(37)35-29(32(38)34-19-18-33-26-14-16-27(41-2)17-15-26)21-23-10-12-24(13-11-23)28-8-3-4-9-30(28)36(39)40/h3-17,20,29,33H,18-19,21H2,1-2H3,(H,34,38)(H,35,37). The number of nitrogens with zero attached hydrogens (tertiary/aromatic N) is 1. The molecule has 0 heterocycles. The zero-order chi connectivity index (χ0) is 29.2. The Morgan fingerprint density at radius 2 is 1.63 bits per heavy atom. The minimum atomic E-state index is -0.832. The molecule has 3 N–H and O–H groups in total. The van der Waals surface area contributed by atoms with Crippen LogP contribution in [0.4, 0.5) is 11.4 Å². The number of carbonyl (C=O) groups is 2. The number of carbonyl (C=O) groups excluding carboxylic acids is 2. The summed E-state index contributed by atoms with van der Waals surface area (Å²) in [5.41, 5.74) is 4.32. The van der Waals surface area contributed by atoms with Crippen LogP contribution in [0.25, 0.3) is 11.1 Å². The number of methoxy groups -OCH3 is 1. The van der Waals surface area contributed by atoms with Crippen LogP contribution in [0.15, 0.2) is 97.1 Å². The van der Waals surface area contributed by atoms with E-state index < -0.39 is 11.0 Å². The maximum absolute atomic E-state index is 13.2. The molecule has 0 spiro atoms. The van der Waals surface area contributed by atoms with Crippen molar-refractivity contribution in [1.29, 1.82) is 0 Å². The molecule has 0 saturated heterocycles. The molecule has 1 unspecified atom stereocenters. The third-order valence-corrected chi connectivity index (χ3v) is 6.55. The molecule has 4 aromatic carbocycles. The van der Waals surface area contributed by atoms with Crippen molar-refractivity contribution in [3.63, 3.8) is 0 Å². The number of nitrogens with one attached hydrogen (secondary N) is 3. The van der Waals surface area contributed by atoms with Crippen molar-refractivity contribution in [1.82, 2.24) is 10.6 Å². The second-order valence-corrected chi connectivity index (χ2v) is 9.52. The lowest BCUT2D eigenvalue weighted by molar-refractivity contribution is -0.384. The fourth-order valence-corrected chi connectivity index (χ4v) is 4.39. The molecule has 0 aliphatic carbocycles. The molecule has 0 fully saturated rings. The first-order valence-electron chi connectivity index (χ1n) is 13.2. The van der Waals surface area contributed by atoms with Crippen molar-refractivity contribution in [2.45, 2.75) is 19.4 Å². The fourth-order valence-electron chi connectivity index (χ4n) is 4.39. The van der Waals surface area contributed by atoms with Gasteiger partial charge in [0.05, 0.1) is 17.6 Å². The highest BCUT2D eigenvalue weighted by molar-refractivity contribution is 5.97. The van der Waals surface area contributed by atoms with Crippen molar-refractivity contribution in [3.05, 3.63) is 124 Å². The van der Waals surface area contributed by atoms with Crippen LogP contribution in [0.5, 0.6) is 5.75 Å². The minimum Gasteiger partial charge on any atom is -0.497 e. The van der Waals surface area contributed by atoms with Crippen LogP contribution in [0.2, 0.25) is 0 Å². The monoisotopic (exact) mass is 552 g/mol. The summed E-state index contributed by atoms with van der Waals surface area (Å²) >= 11 is 0. The first-order valence-corrected chi connectivity index (χ1v) is 13.2. The normalized spacial score (nSPS) is 11.3. The average molecular weight is 553 g/mol. The number of amides is 2. The zero-order valence-corrected chi connectivity index (χ0v) is 22.9. The molecule has 41 heavy (non-hydrogen) atoms. The SMILES string of the molecule is COc1ccc(NCCNC(=O)C(Cc2ccc(-c3ccccc3[N+](=O)[O-])cc2)NC(=O)c2cccc(C)c2)cc1. The van der Waals surface area contributed by atoms with Gasteiger partial charge in [0.2, 0.25) is 5.91 Å². The molecule has 0 radical (unpaired) electrons. The number of nitro groups is 1. The van der Waals surface area contributed by atoms with Gasteiger partial charge in [0, 0.05) is 36.8 Å². The van der Waals surface area contributed by atoms with Gasteiger partial charge in [0.15, 0.2) is 0 Å². The topological polar surface area (TPSA) is 123 Å². The van der Waals surface area contributed by atoms with Crippen LogP contribution in [0.3, 0.4) is 0 Å². The van der Waals surface area contributed by atoms with Crippen molar-refractivity contribution in [3.8, 4) is 16.9 Å². The van der Waals surface area contributed by atoms with E-state index in [1.54, 1.807) is 55.6 Å². The number of benzene rings is 4. The van der Waals surface area contributed by atoms with Crippen molar-refractivity contribution in [2.75, 3.05) is 25.5 Å². The first kappa shape index (κ1) is 28.8. The largest absolute Gasteiger partial charge is 0.497 e. The maximum atomic E-state index is 13.2. The lowest BCUT2D eigenvalue weighted by atomic mass is 9.99. The van der Waals surface area contributed by atoms with E-state index in [2.05, 4.69) is 16.0 Å². The van der Waals surface area contributed by atoms with E-state index in [1.165, 1.54) is 6.07 Å². The average Bonchev–Trinajstić information content (AvgIpc) is 2.99. The summed E-state index contributed by atoms with van der Waals surface area (Å²) < 4.78 is 5.17. The molecule has 1 atom stereocenters. The quantitative estimate of drug-likeness (QED) is 0.127. The summed E-state index contributed by atoms with van der Waals surface area (Å²) in [6.07, 6.45) is 0.243. The van der Waals surface area contributed by atoms with Gasteiger partial charge in [-0.05, 0) is 60.5 Å². The molecule has 9 heteroatoms. The number of rotatable bonds is 12. The Labute approximate surface area is 238 Å². The summed E-state index contributed by atoms with van der Waals surface area (Å²) in [5, 5.41) is 20.5. The van der Waals surface area contributed by atoms with Gasteiger partial charge in [-0.3, -0.25) is 19.7 Å². The molecule has 210 valence electrons. The third kappa shape index (κ3) is 7.92. The van der Waals surface area contributed by atoms with Crippen molar-refractivity contribution < 1.29 is 19.2 Å². The summed E-state index contributed by atoms with van der Waals surface area (Å²) in [6, 6.07) is 27.6. The highest BCUT2D eigenvalue weighted by Gasteiger charge is 2.22. The predicted molar refractivity (Wildman–Crippen MR) is 159 cm³/mol. The van der Waals surface area contributed by atoms with Crippen LogP contribution in [-0.2, 0) is 11.2 Å². The van der Waals surface area contributed by atoms with Crippen LogP contribution >= 0.6 is 0 Å². The molecular weight excluding hydrogens is 520 g/mol. The number of aryl methyl sites for hydroxylation is 1. The molecule has 0 aliphatic heterocycles. The van der Waals surface area contributed by atoms with Gasteiger partial charge in [0.25, 0.3) is 11.6 Å². The van der Waals surface area contributed by atoms with Crippen LogP contribution in [0.1, 0.15) is 21.5 Å². The summed E-state index contributed by atoms with van der Waals surface area (Å²) in [6.45, 7) is 2.73. The second-order valence-electron chi connectivity index (χ2n) is 9.52. The Kier molecular flexibility index (Phi) is 9.66. The van der Waals surface area contributed by atoms with Crippen molar-refractivity contribution in [2.24, 2.45) is 0 Å². The van der Waals surface area contributed by atoms with Gasteiger partial charge < -0.3 is 20.7 Å². The molecule has 9 nitrogen and oxygen atoms in total. The molecule has 2 amide bonds. The summed E-state index contributed by atoms with van der Waals surface area (Å²) in [7, 11) is 1.61. The lowest BCUT2D eigenvalue weighted by Gasteiger charge is -2.19. The fraction of sp³-hybridized carbons (Fsp3) is 0.188. The van der Waals surface area contributed by atoms with E-state index in [9.17, 15) is 19.7 Å². The van der Waals surface area contributed by atoms with Gasteiger partial charge in [-0.15, -0.1) is 0 Å². The zero-order valence-electron chi connectivity index (χ0n) is 22.9. The smallest absolute Gasteiger partial charge is 0.277 e. The molecule has 0 bridgehead atoms. The van der Waals surface area contributed by atoms with E-state index in [-0.39, 0.29) is 23.9 Å². The second kappa shape index (κ2) is 13.7. The predicted octanol–water partition coefficient (Wildman–Crippen LogP) is 5.15. The van der Waals surface area contributed by atoms with Crippen LogP contribution in [0, 0.1) is 17.0 Å². The Bertz CT molecular complexity index is 1500. The van der Waals surface area contributed by atoms with Gasteiger partial charge >= 0.3 is 0 Å². The molecule has 4 rings (SSSR count). The third-order valence-electron chi connectivity index (χ3n) is 6.55. The number of hydrogen-bond donors (Lipinski definition) is 3. The van der Waals surface area contributed by atoms with E-state index in [1.807, 2.05) is 49.4 Å². The Hall–Kier alpha value is -5.18. The Morgan fingerprint density at radius 3 is 2.32 bits per heavy atom. The number of nitro benzene ring substituents is 1. The molecule has 4 aromatic rings. The summed E-state index contributed by atoms with van der Waals surface area (Å²) in [4.78, 5) is 37.3. The maximum Gasteiger partial charge on any atom is 0.277 e. The Balaban J connectivity index is 1.45. The molecule has 0 saturated carbocycles. The highest BCUT2D eigenvalue weighted by atomic mass is 16.6. The van der Waals surface area contributed by atoms with Crippen LogP contribution < -0.4 is 20.7 Å². The summed E-state index contributed by atoms with van der Waals surface area (Å²) in [5.74, 6) is 0.0955. The number of anilines is 1. The molecular formula is C32H32N4O5. The molecule has 0 aromatic heterocycles. The number of hydrogen-bond acceptors (Lipinski definition) is 6. The van der Waals surface area contributed by atoms with Crippen LogP contribution in [-0.4, -0.2) is 43.0 Å². The van der Waals surface area contributed by atoms with E-state index in [0.717, 1.165) is 22.6 Å². The molecule has 0 aliphatic rings. The van der Waals surface area contributed by atoms with Gasteiger partial charge in [-0.25, -0.2) is 0 Å². The van der Waals surface area contributed by atoms with Crippen molar-refractivity contribution >= 4 is 23.2 Å². The van der Waals surface area contributed by atoms with Gasteiger partial charge in [0.1, 0.15) is 11.8 Å². The van der Waals surface area contributed by atoms with Gasteiger partial charge in [-0.1, -0.05) is 54.1 Å². The van der Waals surface area contributed by atoms with Gasteiger partial charge in [-0.2, -0.15) is 0 Å². The Morgan fingerprint density at radius 1 is 0.902 bits per heavy atom. The highest BCUT2D eigenvalue weighted by Crippen LogP contribution is 2.29. The van der Waals surface area contributed by atoms with E-state index >= 15 is 0 Å². The van der Waals surface area contributed by atoms with E-state index in [0.29, 0.717) is 29.8 Å².